The highest BCUT2D eigenvalue weighted by atomic mass is 127. The Morgan fingerprint density at radius 1 is 1.14 bits per heavy atom. The van der Waals surface area contributed by atoms with Gasteiger partial charge < -0.3 is 20.4 Å². The van der Waals surface area contributed by atoms with Crippen molar-refractivity contribution in [3.05, 3.63) is 24.4 Å². The number of piperidine rings is 2. The molecule has 1 aromatic rings. The van der Waals surface area contributed by atoms with Gasteiger partial charge in [0.25, 0.3) is 0 Å². The minimum atomic E-state index is 0. The quantitative estimate of drug-likeness (QED) is 0.358. The van der Waals surface area contributed by atoms with Crippen LogP contribution in [0.2, 0.25) is 0 Å². The number of nitrogens with zero attached hydrogens (tertiary/aromatic N) is 4. The van der Waals surface area contributed by atoms with Crippen LogP contribution in [-0.2, 0) is 0 Å². The minimum absolute atomic E-state index is 0. The lowest BCUT2D eigenvalue weighted by Crippen LogP contribution is -2.49. The average molecular weight is 500 g/mol. The highest BCUT2D eigenvalue weighted by Crippen LogP contribution is 2.20. The molecule has 0 bridgehead atoms. The average Bonchev–Trinajstić information content (AvgIpc) is 2.74. The zero-order chi connectivity index (χ0) is 18.9. The molecule has 0 saturated carbocycles. The van der Waals surface area contributed by atoms with Crippen molar-refractivity contribution in [3.63, 3.8) is 0 Å². The third-order valence-electron chi connectivity index (χ3n) is 6.03. The van der Waals surface area contributed by atoms with Crippen LogP contribution in [0.15, 0.2) is 29.4 Å². The summed E-state index contributed by atoms with van der Waals surface area (Å²) in [4.78, 5) is 13.8. The van der Waals surface area contributed by atoms with Gasteiger partial charge in [-0.3, -0.25) is 4.99 Å². The van der Waals surface area contributed by atoms with E-state index >= 15 is 0 Å². The lowest BCUT2D eigenvalue weighted by Gasteiger charge is -2.34. The molecule has 6 nitrogen and oxygen atoms in total. The summed E-state index contributed by atoms with van der Waals surface area (Å²) in [6.45, 7) is 9.09. The predicted molar refractivity (Wildman–Crippen MR) is 129 cm³/mol. The minimum Gasteiger partial charge on any atom is -0.356 e. The molecular weight excluding hydrogens is 463 g/mol. The topological polar surface area (TPSA) is 55.8 Å². The van der Waals surface area contributed by atoms with Crippen molar-refractivity contribution < 1.29 is 0 Å². The van der Waals surface area contributed by atoms with E-state index in [4.69, 9.17) is 0 Å². The van der Waals surface area contributed by atoms with Crippen molar-refractivity contribution >= 4 is 35.8 Å². The molecule has 158 valence electrons. The van der Waals surface area contributed by atoms with Crippen molar-refractivity contribution in [2.24, 2.45) is 10.9 Å². The summed E-state index contributed by atoms with van der Waals surface area (Å²) in [5, 5.41) is 7.15. The van der Waals surface area contributed by atoms with Gasteiger partial charge in [0.2, 0.25) is 0 Å². The van der Waals surface area contributed by atoms with Crippen molar-refractivity contribution in [1.82, 2.24) is 20.5 Å². The van der Waals surface area contributed by atoms with Crippen LogP contribution in [0.1, 0.15) is 39.0 Å². The third-order valence-corrected chi connectivity index (χ3v) is 6.03. The summed E-state index contributed by atoms with van der Waals surface area (Å²) in [5.74, 6) is 2.91. The highest BCUT2D eigenvalue weighted by molar-refractivity contribution is 14.0. The van der Waals surface area contributed by atoms with Gasteiger partial charge in [0.1, 0.15) is 5.82 Å². The maximum absolute atomic E-state index is 4.47. The first-order valence-electron chi connectivity index (χ1n) is 10.6. The molecule has 0 amide bonds. The summed E-state index contributed by atoms with van der Waals surface area (Å²) >= 11 is 0. The van der Waals surface area contributed by atoms with E-state index in [-0.39, 0.29) is 24.0 Å². The van der Waals surface area contributed by atoms with E-state index in [2.05, 4.69) is 49.5 Å². The van der Waals surface area contributed by atoms with Gasteiger partial charge in [0, 0.05) is 38.9 Å². The fourth-order valence-corrected chi connectivity index (χ4v) is 4.17. The van der Waals surface area contributed by atoms with E-state index in [0.29, 0.717) is 6.04 Å². The Morgan fingerprint density at radius 2 is 1.89 bits per heavy atom. The van der Waals surface area contributed by atoms with E-state index in [1.807, 2.05) is 19.3 Å². The van der Waals surface area contributed by atoms with Crippen LogP contribution in [0.3, 0.4) is 0 Å². The van der Waals surface area contributed by atoms with Crippen molar-refractivity contribution in [2.75, 3.05) is 51.2 Å². The Labute approximate surface area is 187 Å². The molecule has 0 aromatic carbocycles. The van der Waals surface area contributed by atoms with Gasteiger partial charge in [0.15, 0.2) is 5.96 Å². The van der Waals surface area contributed by atoms with Gasteiger partial charge >= 0.3 is 0 Å². The Hall–Kier alpha value is -1.09. The summed E-state index contributed by atoms with van der Waals surface area (Å²) < 4.78 is 0. The second-order valence-electron chi connectivity index (χ2n) is 7.76. The van der Waals surface area contributed by atoms with Crippen molar-refractivity contribution in [1.29, 1.82) is 0 Å². The van der Waals surface area contributed by atoms with Gasteiger partial charge in [-0.2, -0.15) is 0 Å². The second-order valence-corrected chi connectivity index (χ2v) is 7.76. The molecule has 0 unspecified atom stereocenters. The van der Waals surface area contributed by atoms with E-state index in [9.17, 15) is 0 Å². The van der Waals surface area contributed by atoms with Crippen molar-refractivity contribution in [3.8, 4) is 0 Å². The van der Waals surface area contributed by atoms with Crippen LogP contribution in [0.5, 0.6) is 0 Å². The molecule has 3 rings (SSSR count). The molecule has 1 aromatic heterocycles. The number of hydrogen-bond acceptors (Lipinski definition) is 4. The van der Waals surface area contributed by atoms with E-state index in [0.717, 1.165) is 50.2 Å². The van der Waals surface area contributed by atoms with Gasteiger partial charge in [-0.05, 0) is 69.8 Å². The van der Waals surface area contributed by atoms with E-state index in [1.54, 1.807) is 0 Å². The Balaban J connectivity index is 0.00000280. The maximum Gasteiger partial charge on any atom is 0.191 e. The van der Waals surface area contributed by atoms with Crippen LogP contribution in [0.25, 0.3) is 0 Å². The smallest absolute Gasteiger partial charge is 0.191 e. The second kappa shape index (κ2) is 12.5. The Kier molecular flexibility index (Phi) is 10.3. The molecule has 2 aliphatic heterocycles. The first kappa shape index (κ1) is 23.2. The molecule has 2 aliphatic rings. The number of aromatic nitrogens is 1. The zero-order valence-corrected chi connectivity index (χ0v) is 19.8. The van der Waals surface area contributed by atoms with E-state index in [1.165, 1.54) is 38.9 Å². The van der Waals surface area contributed by atoms with Crippen LogP contribution in [0, 0.1) is 5.92 Å². The lowest BCUT2D eigenvalue weighted by atomic mass is 9.93. The molecule has 7 heteroatoms. The standard InChI is InChI=1S/C21H36N6.HI/c1-3-26-14-8-18(9-15-26)7-13-24-21(22-2)25-19-10-16-27(17-11-19)20-6-4-5-12-23-20;/h4-6,12,18-19H,3,7-11,13-17H2,1-2H3,(H2,22,24,25);1H. The molecule has 28 heavy (non-hydrogen) atoms. The number of aliphatic imine (C=N–C) groups is 1. The lowest BCUT2D eigenvalue weighted by molar-refractivity contribution is 0.187. The number of pyridine rings is 1. The molecule has 0 radical (unpaired) electrons. The number of guanidine groups is 1. The number of anilines is 1. The monoisotopic (exact) mass is 500 g/mol. The summed E-state index contributed by atoms with van der Waals surface area (Å²) in [6.07, 6.45) is 8.04. The Morgan fingerprint density at radius 3 is 2.50 bits per heavy atom. The number of halogens is 1. The van der Waals surface area contributed by atoms with Crippen molar-refractivity contribution in [2.45, 2.75) is 45.1 Å². The fourth-order valence-electron chi connectivity index (χ4n) is 4.17. The number of likely N-dealkylation sites (tertiary alicyclic amines) is 1. The molecule has 0 spiro atoms. The van der Waals surface area contributed by atoms with Gasteiger partial charge in [-0.15, -0.1) is 24.0 Å². The molecule has 3 heterocycles. The van der Waals surface area contributed by atoms with E-state index < -0.39 is 0 Å². The van der Waals surface area contributed by atoms with Gasteiger partial charge in [-0.1, -0.05) is 13.0 Å². The predicted octanol–water partition coefficient (Wildman–Crippen LogP) is 2.96. The normalized spacial score (nSPS) is 19.9. The molecule has 0 atom stereocenters. The third kappa shape index (κ3) is 7.06. The summed E-state index contributed by atoms with van der Waals surface area (Å²) in [5.41, 5.74) is 0. The molecule has 2 fully saturated rings. The summed E-state index contributed by atoms with van der Waals surface area (Å²) in [7, 11) is 1.87. The van der Waals surface area contributed by atoms with Crippen LogP contribution in [0.4, 0.5) is 5.82 Å². The van der Waals surface area contributed by atoms with Gasteiger partial charge in [-0.25, -0.2) is 4.98 Å². The van der Waals surface area contributed by atoms with Crippen LogP contribution in [-0.4, -0.2) is 68.2 Å². The summed E-state index contributed by atoms with van der Waals surface area (Å²) in [6, 6.07) is 6.62. The first-order chi connectivity index (χ1) is 13.3. The zero-order valence-electron chi connectivity index (χ0n) is 17.4. The largest absolute Gasteiger partial charge is 0.356 e. The number of nitrogens with one attached hydrogen (secondary N) is 2. The number of rotatable bonds is 6. The highest BCUT2D eigenvalue weighted by Gasteiger charge is 2.21. The molecule has 2 N–H and O–H groups in total. The molecule has 2 saturated heterocycles. The first-order valence-corrected chi connectivity index (χ1v) is 10.6. The molecular formula is C21H37IN6. The number of hydrogen-bond donors (Lipinski definition) is 2. The van der Waals surface area contributed by atoms with Crippen LogP contribution < -0.4 is 15.5 Å². The SMILES string of the molecule is CCN1CCC(CCNC(=NC)NC2CCN(c3ccccn3)CC2)CC1.I. The maximum atomic E-state index is 4.47. The van der Waals surface area contributed by atoms with Gasteiger partial charge in [0.05, 0.1) is 0 Å². The van der Waals surface area contributed by atoms with Crippen LogP contribution >= 0.6 is 24.0 Å². The fraction of sp³-hybridized carbons (Fsp3) is 0.714. The molecule has 0 aliphatic carbocycles. The Bertz CT molecular complexity index is 566.